The quantitative estimate of drug-likeness (QED) is 0.596. The summed E-state index contributed by atoms with van der Waals surface area (Å²) in [5.41, 5.74) is 0.659. The number of rotatable bonds is 8. The Bertz CT molecular complexity index is 849. The lowest BCUT2D eigenvalue weighted by Gasteiger charge is -2.14. The summed E-state index contributed by atoms with van der Waals surface area (Å²) in [5, 5.41) is 13.5. The second kappa shape index (κ2) is 8.86. The topological polar surface area (TPSA) is 69.0 Å². The molecule has 0 aliphatic carbocycles. The van der Waals surface area contributed by atoms with Gasteiger partial charge >= 0.3 is 0 Å². The zero-order valence-electron chi connectivity index (χ0n) is 14.6. The second-order valence-electron chi connectivity index (χ2n) is 5.59. The third-order valence-electron chi connectivity index (χ3n) is 3.78. The normalized spacial score (nSPS) is 11.9. The predicted molar refractivity (Wildman–Crippen MR) is 105 cm³/mol. The molecular weight excluding hydrogens is 368 g/mol. The van der Waals surface area contributed by atoms with Crippen molar-refractivity contribution in [3.63, 3.8) is 0 Å². The number of nitrogens with one attached hydrogen (secondary N) is 1. The lowest BCUT2D eigenvalue weighted by molar-refractivity contribution is -0.115. The number of ether oxygens (including phenoxy) is 1. The summed E-state index contributed by atoms with van der Waals surface area (Å²) in [6, 6.07) is 11.5. The first-order valence-corrected chi connectivity index (χ1v) is 9.94. The van der Waals surface area contributed by atoms with Crippen molar-refractivity contribution in [3.8, 4) is 5.75 Å². The van der Waals surface area contributed by atoms with Gasteiger partial charge in [-0.2, -0.15) is 0 Å². The van der Waals surface area contributed by atoms with Gasteiger partial charge in [-0.3, -0.25) is 4.79 Å². The smallest absolute Gasteiger partial charge is 0.237 e. The van der Waals surface area contributed by atoms with Crippen LogP contribution in [0.4, 0.5) is 5.69 Å². The van der Waals surface area contributed by atoms with E-state index in [-0.39, 0.29) is 11.2 Å². The molecule has 0 radical (unpaired) electrons. The summed E-state index contributed by atoms with van der Waals surface area (Å²) in [6.45, 7) is 2.64. The first-order valence-electron chi connectivity index (χ1n) is 8.18. The number of hydrogen-bond acceptors (Lipinski definition) is 6. The Morgan fingerprint density at radius 1 is 1.35 bits per heavy atom. The van der Waals surface area contributed by atoms with Gasteiger partial charge in [0.1, 0.15) is 12.1 Å². The van der Waals surface area contributed by atoms with Crippen molar-refractivity contribution in [2.45, 2.75) is 30.3 Å². The Morgan fingerprint density at radius 2 is 2.19 bits per heavy atom. The van der Waals surface area contributed by atoms with Crippen molar-refractivity contribution in [1.82, 2.24) is 14.8 Å². The first kappa shape index (κ1) is 18.5. The first-order chi connectivity index (χ1) is 12.7. The van der Waals surface area contributed by atoms with Gasteiger partial charge in [0.05, 0.1) is 18.0 Å². The third kappa shape index (κ3) is 4.64. The lowest BCUT2D eigenvalue weighted by Crippen LogP contribution is -2.23. The summed E-state index contributed by atoms with van der Waals surface area (Å²) >= 11 is 3.13. The highest BCUT2D eigenvalue weighted by Crippen LogP contribution is 2.26. The number of amides is 1. The van der Waals surface area contributed by atoms with E-state index in [0.717, 1.165) is 18.1 Å². The molecule has 0 aliphatic rings. The number of para-hydroxylation sites is 2. The molecule has 2 heterocycles. The molecule has 0 fully saturated rings. The molecule has 0 aliphatic heterocycles. The maximum atomic E-state index is 12.5. The molecule has 3 rings (SSSR count). The standard InChI is InChI=1S/C18H20N4O2S2/c1-13(17(23)20-15-7-3-4-8-16(15)24-2)26-18-21-19-12-22(18)10-9-14-6-5-11-25-14/h3-8,11-13H,9-10H2,1-2H3,(H,20,23)/t13-/m0/s1. The summed E-state index contributed by atoms with van der Waals surface area (Å²) in [5.74, 6) is 0.532. The Balaban J connectivity index is 1.60. The minimum absolute atomic E-state index is 0.104. The van der Waals surface area contributed by atoms with Gasteiger partial charge in [0, 0.05) is 11.4 Å². The van der Waals surface area contributed by atoms with Gasteiger partial charge < -0.3 is 14.6 Å². The largest absolute Gasteiger partial charge is 0.495 e. The van der Waals surface area contributed by atoms with Crippen molar-refractivity contribution in [3.05, 3.63) is 53.0 Å². The van der Waals surface area contributed by atoms with Crippen LogP contribution < -0.4 is 10.1 Å². The van der Waals surface area contributed by atoms with E-state index >= 15 is 0 Å². The molecule has 1 aromatic carbocycles. The van der Waals surface area contributed by atoms with Crippen molar-refractivity contribution < 1.29 is 9.53 Å². The molecule has 1 atom stereocenters. The minimum Gasteiger partial charge on any atom is -0.495 e. The number of hydrogen-bond donors (Lipinski definition) is 1. The van der Waals surface area contributed by atoms with Gasteiger partial charge in [0.2, 0.25) is 5.91 Å². The number of nitrogens with zero attached hydrogens (tertiary/aromatic N) is 3. The Hall–Kier alpha value is -2.32. The van der Waals surface area contributed by atoms with Crippen LogP contribution in [0.2, 0.25) is 0 Å². The van der Waals surface area contributed by atoms with E-state index in [1.54, 1.807) is 24.8 Å². The lowest BCUT2D eigenvalue weighted by atomic mass is 10.3. The fourth-order valence-electron chi connectivity index (χ4n) is 2.37. The maximum absolute atomic E-state index is 12.5. The predicted octanol–water partition coefficient (Wildman–Crippen LogP) is 3.71. The molecule has 2 aromatic heterocycles. The summed E-state index contributed by atoms with van der Waals surface area (Å²) in [6.07, 6.45) is 2.63. The fourth-order valence-corrected chi connectivity index (χ4v) is 3.92. The van der Waals surface area contributed by atoms with Gasteiger partial charge in [-0.15, -0.1) is 21.5 Å². The van der Waals surface area contributed by atoms with Crippen LogP contribution >= 0.6 is 23.1 Å². The summed E-state index contributed by atoms with van der Waals surface area (Å²) in [4.78, 5) is 13.8. The number of thioether (sulfide) groups is 1. The highest BCUT2D eigenvalue weighted by atomic mass is 32.2. The zero-order chi connectivity index (χ0) is 18.4. The van der Waals surface area contributed by atoms with Crippen molar-refractivity contribution in [2.75, 3.05) is 12.4 Å². The average Bonchev–Trinajstić information content (AvgIpc) is 3.32. The van der Waals surface area contributed by atoms with E-state index in [9.17, 15) is 4.79 Å². The molecule has 0 unspecified atom stereocenters. The molecule has 0 bridgehead atoms. The molecule has 1 N–H and O–H groups in total. The summed E-state index contributed by atoms with van der Waals surface area (Å²) < 4.78 is 7.25. The molecule has 1 amide bonds. The van der Waals surface area contributed by atoms with Gasteiger partial charge in [-0.25, -0.2) is 0 Å². The van der Waals surface area contributed by atoms with Crippen LogP contribution in [0.15, 0.2) is 53.3 Å². The highest BCUT2D eigenvalue weighted by molar-refractivity contribution is 8.00. The monoisotopic (exact) mass is 388 g/mol. The van der Waals surface area contributed by atoms with Crippen LogP contribution in [0.1, 0.15) is 11.8 Å². The van der Waals surface area contributed by atoms with Crippen LogP contribution in [-0.4, -0.2) is 33.0 Å². The third-order valence-corrected chi connectivity index (χ3v) is 5.81. The molecule has 0 saturated carbocycles. The highest BCUT2D eigenvalue weighted by Gasteiger charge is 2.19. The second-order valence-corrected chi connectivity index (χ2v) is 7.93. The zero-order valence-corrected chi connectivity index (χ0v) is 16.2. The van der Waals surface area contributed by atoms with E-state index in [1.165, 1.54) is 16.6 Å². The average molecular weight is 389 g/mol. The minimum atomic E-state index is -0.315. The Labute approximate surface area is 160 Å². The van der Waals surface area contributed by atoms with Crippen molar-refractivity contribution in [2.24, 2.45) is 0 Å². The van der Waals surface area contributed by atoms with E-state index in [0.29, 0.717) is 11.4 Å². The molecule has 8 heteroatoms. The molecule has 3 aromatic rings. The van der Waals surface area contributed by atoms with Gasteiger partial charge in [-0.05, 0) is 36.9 Å². The SMILES string of the molecule is COc1ccccc1NC(=O)[C@H](C)Sc1nncn1CCc1cccs1. The molecular formula is C18H20N4O2S2. The number of aromatic nitrogens is 3. The maximum Gasteiger partial charge on any atom is 0.237 e. The fraction of sp³-hybridized carbons (Fsp3) is 0.278. The van der Waals surface area contributed by atoms with Crippen LogP contribution in [0.5, 0.6) is 5.75 Å². The van der Waals surface area contributed by atoms with Gasteiger partial charge in [-0.1, -0.05) is 30.0 Å². The molecule has 26 heavy (non-hydrogen) atoms. The number of benzene rings is 1. The Kier molecular flexibility index (Phi) is 6.30. The van der Waals surface area contributed by atoms with Crippen molar-refractivity contribution in [1.29, 1.82) is 0 Å². The number of anilines is 1. The molecule has 0 spiro atoms. The van der Waals surface area contributed by atoms with Gasteiger partial charge in [0.15, 0.2) is 5.16 Å². The molecule has 6 nitrogen and oxygen atoms in total. The summed E-state index contributed by atoms with van der Waals surface area (Å²) in [7, 11) is 1.58. The Morgan fingerprint density at radius 3 is 2.96 bits per heavy atom. The van der Waals surface area contributed by atoms with Crippen LogP contribution in [-0.2, 0) is 17.8 Å². The number of thiophene rings is 1. The van der Waals surface area contributed by atoms with Crippen molar-refractivity contribution >= 4 is 34.7 Å². The molecule has 136 valence electrons. The van der Waals surface area contributed by atoms with Gasteiger partial charge in [0.25, 0.3) is 0 Å². The van der Waals surface area contributed by atoms with Crippen LogP contribution in [0.3, 0.4) is 0 Å². The van der Waals surface area contributed by atoms with Crippen LogP contribution in [0, 0.1) is 0 Å². The van der Waals surface area contributed by atoms with E-state index in [1.807, 2.05) is 41.8 Å². The van der Waals surface area contributed by atoms with E-state index in [2.05, 4.69) is 27.0 Å². The number of methoxy groups -OCH3 is 1. The van der Waals surface area contributed by atoms with E-state index in [4.69, 9.17) is 4.74 Å². The number of carbonyl (C=O) groups excluding carboxylic acids is 1. The van der Waals surface area contributed by atoms with Crippen LogP contribution in [0.25, 0.3) is 0 Å². The number of aryl methyl sites for hydroxylation is 2. The molecule has 0 saturated heterocycles. The van der Waals surface area contributed by atoms with E-state index < -0.39 is 0 Å². The number of carbonyl (C=O) groups is 1.